The van der Waals surface area contributed by atoms with Crippen molar-refractivity contribution in [1.82, 2.24) is 9.55 Å². The predicted octanol–water partition coefficient (Wildman–Crippen LogP) is 0.919. The zero-order valence-corrected chi connectivity index (χ0v) is 9.93. The molecular weight excluding hydrogens is 234 g/mol. The molecule has 6 heteroatoms. The van der Waals surface area contributed by atoms with E-state index in [1.807, 2.05) is 0 Å². The van der Waals surface area contributed by atoms with E-state index in [2.05, 4.69) is 4.98 Å². The minimum absolute atomic E-state index is 0.107. The summed E-state index contributed by atoms with van der Waals surface area (Å²) in [4.78, 5) is 25.1. The molecule has 2 heterocycles. The van der Waals surface area contributed by atoms with Gasteiger partial charge in [0.25, 0.3) is 5.56 Å². The van der Waals surface area contributed by atoms with Crippen LogP contribution in [0.25, 0.3) is 0 Å². The average Bonchev–Trinajstić information content (AvgIpc) is 2.75. The summed E-state index contributed by atoms with van der Waals surface area (Å²) in [5.41, 5.74) is -1.35. The number of H-pyrrole nitrogens is 1. The van der Waals surface area contributed by atoms with E-state index in [1.54, 1.807) is 32.0 Å². The first kappa shape index (κ1) is 11.9. The third-order valence-corrected chi connectivity index (χ3v) is 2.68. The summed E-state index contributed by atoms with van der Waals surface area (Å²) in [6.07, 6.45) is 1.24. The van der Waals surface area contributed by atoms with E-state index < -0.39 is 17.3 Å². The van der Waals surface area contributed by atoms with Gasteiger partial charge in [0.1, 0.15) is 23.2 Å². The van der Waals surface area contributed by atoms with Crippen LogP contribution in [0, 0.1) is 18.3 Å². The molecule has 92 valence electrons. The zero-order chi connectivity index (χ0) is 13.3. The van der Waals surface area contributed by atoms with Crippen LogP contribution in [0.1, 0.15) is 30.0 Å². The van der Waals surface area contributed by atoms with Gasteiger partial charge in [0.05, 0.1) is 6.04 Å². The lowest BCUT2D eigenvalue weighted by molar-refractivity contribution is 0.420. The van der Waals surface area contributed by atoms with E-state index in [9.17, 15) is 9.59 Å². The predicted molar refractivity (Wildman–Crippen MR) is 63.3 cm³/mol. The number of aromatic amines is 1. The molecule has 0 saturated carbocycles. The molecule has 2 rings (SSSR count). The smallest absolute Gasteiger partial charge is 0.329 e. The van der Waals surface area contributed by atoms with Crippen LogP contribution in [0.4, 0.5) is 0 Å². The fourth-order valence-corrected chi connectivity index (χ4v) is 1.67. The lowest BCUT2D eigenvalue weighted by Crippen LogP contribution is -2.32. The average molecular weight is 245 g/mol. The second-order valence-electron chi connectivity index (χ2n) is 3.95. The Kier molecular flexibility index (Phi) is 2.90. The van der Waals surface area contributed by atoms with Crippen molar-refractivity contribution in [2.24, 2.45) is 0 Å². The largest absolute Gasteiger partial charge is 0.464 e. The van der Waals surface area contributed by atoms with Crippen LogP contribution < -0.4 is 11.2 Å². The van der Waals surface area contributed by atoms with Crippen LogP contribution in [0.2, 0.25) is 0 Å². The molecule has 0 aliphatic carbocycles. The summed E-state index contributed by atoms with van der Waals surface area (Å²) in [5.74, 6) is 1.32. The van der Waals surface area contributed by atoms with Crippen molar-refractivity contribution < 1.29 is 4.42 Å². The minimum Gasteiger partial charge on any atom is -0.464 e. The molecular formula is C12H11N3O3. The second kappa shape index (κ2) is 4.37. The Balaban J connectivity index is 2.55. The number of nitrogens with one attached hydrogen (secondary N) is 1. The summed E-state index contributed by atoms with van der Waals surface area (Å²) in [6.45, 7) is 3.55. The number of rotatable bonds is 2. The van der Waals surface area contributed by atoms with Crippen LogP contribution >= 0.6 is 0 Å². The Hall–Kier alpha value is -2.55. The number of nitriles is 1. The SMILES string of the molecule is Cc1ccc(C(C)n2cc(C#N)c(=O)[nH]c2=O)o1. The normalized spacial score (nSPS) is 12.1. The lowest BCUT2D eigenvalue weighted by atomic mass is 10.2. The van der Waals surface area contributed by atoms with Gasteiger partial charge in [-0.05, 0) is 26.0 Å². The molecule has 1 N–H and O–H groups in total. The van der Waals surface area contributed by atoms with Crippen LogP contribution in [0.5, 0.6) is 0 Å². The quantitative estimate of drug-likeness (QED) is 0.851. The van der Waals surface area contributed by atoms with Crippen molar-refractivity contribution >= 4 is 0 Å². The highest BCUT2D eigenvalue weighted by atomic mass is 16.3. The summed E-state index contributed by atoms with van der Waals surface area (Å²) in [7, 11) is 0. The summed E-state index contributed by atoms with van der Waals surface area (Å²) in [6, 6.07) is 4.89. The van der Waals surface area contributed by atoms with Crippen molar-refractivity contribution in [3.8, 4) is 6.07 Å². The molecule has 6 nitrogen and oxygen atoms in total. The third kappa shape index (κ3) is 1.98. The van der Waals surface area contributed by atoms with Gasteiger partial charge in [-0.2, -0.15) is 5.26 Å². The summed E-state index contributed by atoms with van der Waals surface area (Å²) >= 11 is 0. The van der Waals surface area contributed by atoms with Gasteiger partial charge >= 0.3 is 5.69 Å². The first-order valence-electron chi connectivity index (χ1n) is 5.35. The van der Waals surface area contributed by atoms with Crippen LogP contribution in [-0.4, -0.2) is 9.55 Å². The topological polar surface area (TPSA) is 91.8 Å². The van der Waals surface area contributed by atoms with Crippen molar-refractivity contribution in [3.63, 3.8) is 0 Å². The highest BCUT2D eigenvalue weighted by molar-refractivity contribution is 5.22. The molecule has 0 bridgehead atoms. The van der Waals surface area contributed by atoms with Crippen molar-refractivity contribution in [3.05, 3.63) is 56.3 Å². The van der Waals surface area contributed by atoms with Gasteiger partial charge in [-0.1, -0.05) is 0 Å². The molecule has 0 amide bonds. The van der Waals surface area contributed by atoms with Gasteiger partial charge in [0.2, 0.25) is 0 Å². The summed E-state index contributed by atoms with van der Waals surface area (Å²) in [5, 5.41) is 8.78. The molecule has 0 aromatic carbocycles. The molecule has 2 aromatic heterocycles. The van der Waals surface area contributed by atoms with E-state index in [-0.39, 0.29) is 5.56 Å². The monoisotopic (exact) mass is 245 g/mol. The first-order valence-corrected chi connectivity index (χ1v) is 5.35. The molecule has 0 radical (unpaired) electrons. The summed E-state index contributed by atoms with van der Waals surface area (Å²) < 4.78 is 6.69. The van der Waals surface area contributed by atoms with Gasteiger partial charge in [-0.15, -0.1) is 0 Å². The van der Waals surface area contributed by atoms with Gasteiger partial charge in [0.15, 0.2) is 0 Å². The molecule has 0 aliphatic heterocycles. The Labute approximate surface area is 102 Å². The maximum absolute atomic E-state index is 11.7. The Morgan fingerprint density at radius 3 is 2.72 bits per heavy atom. The number of nitrogens with zero attached hydrogens (tertiary/aromatic N) is 2. The second-order valence-corrected chi connectivity index (χ2v) is 3.95. The third-order valence-electron chi connectivity index (χ3n) is 2.68. The Morgan fingerprint density at radius 1 is 1.44 bits per heavy atom. The van der Waals surface area contributed by atoms with E-state index in [4.69, 9.17) is 9.68 Å². The lowest BCUT2D eigenvalue weighted by Gasteiger charge is -2.11. The van der Waals surface area contributed by atoms with E-state index in [1.165, 1.54) is 10.8 Å². The number of aromatic nitrogens is 2. The van der Waals surface area contributed by atoms with Gasteiger partial charge in [-0.3, -0.25) is 14.3 Å². The maximum Gasteiger partial charge on any atom is 0.329 e. The van der Waals surface area contributed by atoms with Crippen LogP contribution in [-0.2, 0) is 0 Å². The van der Waals surface area contributed by atoms with Gasteiger partial charge in [0, 0.05) is 6.20 Å². The van der Waals surface area contributed by atoms with Crippen molar-refractivity contribution in [1.29, 1.82) is 5.26 Å². The van der Waals surface area contributed by atoms with Crippen molar-refractivity contribution in [2.45, 2.75) is 19.9 Å². The number of hydrogen-bond donors (Lipinski definition) is 1. The fraction of sp³-hybridized carbons (Fsp3) is 0.250. The molecule has 2 aromatic rings. The highest BCUT2D eigenvalue weighted by Crippen LogP contribution is 2.18. The standard InChI is InChI=1S/C12H11N3O3/c1-7-3-4-10(18-7)8(2)15-6-9(5-13)11(16)14-12(15)17/h3-4,6,8H,1-2H3,(H,14,16,17). The number of hydrogen-bond acceptors (Lipinski definition) is 4. The molecule has 0 saturated heterocycles. The highest BCUT2D eigenvalue weighted by Gasteiger charge is 2.15. The first-order chi connectivity index (χ1) is 8.52. The van der Waals surface area contributed by atoms with Gasteiger partial charge in [-0.25, -0.2) is 4.79 Å². The number of furan rings is 1. The Morgan fingerprint density at radius 2 is 2.17 bits per heavy atom. The number of aryl methyl sites for hydroxylation is 1. The molecule has 1 unspecified atom stereocenters. The molecule has 1 atom stereocenters. The maximum atomic E-state index is 11.7. The van der Waals surface area contributed by atoms with E-state index in [0.717, 1.165) is 5.76 Å². The van der Waals surface area contributed by atoms with Crippen LogP contribution in [0.15, 0.2) is 32.3 Å². The van der Waals surface area contributed by atoms with E-state index in [0.29, 0.717) is 5.76 Å². The molecule has 0 fully saturated rings. The van der Waals surface area contributed by atoms with Crippen LogP contribution in [0.3, 0.4) is 0 Å². The van der Waals surface area contributed by atoms with Gasteiger partial charge < -0.3 is 4.42 Å². The zero-order valence-electron chi connectivity index (χ0n) is 9.93. The fourth-order valence-electron chi connectivity index (χ4n) is 1.67. The molecule has 0 spiro atoms. The molecule has 0 aliphatic rings. The Bertz CT molecular complexity index is 730. The molecule has 18 heavy (non-hydrogen) atoms. The minimum atomic E-state index is -0.679. The van der Waals surface area contributed by atoms with Crippen molar-refractivity contribution in [2.75, 3.05) is 0 Å². The van der Waals surface area contributed by atoms with E-state index >= 15 is 0 Å².